The number of halogens is 3. The van der Waals surface area contributed by atoms with E-state index in [1.54, 1.807) is 0 Å². The second-order valence-corrected chi connectivity index (χ2v) is 4.50. The summed E-state index contributed by atoms with van der Waals surface area (Å²) in [4.78, 5) is 1.93. The number of nitrogens with two attached hydrogens (primary N) is 1. The van der Waals surface area contributed by atoms with Crippen molar-refractivity contribution in [3.63, 3.8) is 0 Å². The molecule has 1 aromatic carbocycles. The molecule has 3 nitrogen and oxygen atoms in total. The lowest BCUT2D eigenvalue weighted by atomic mass is 10.1. The second kappa shape index (κ2) is 5.48. The van der Waals surface area contributed by atoms with E-state index in [1.807, 2.05) is 25.9 Å². The lowest BCUT2D eigenvalue weighted by molar-refractivity contribution is -0.136. The fourth-order valence-electron chi connectivity index (χ4n) is 1.39. The Morgan fingerprint density at radius 1 is 1.33 bits per heavy atom. The zero-order chi connectivity index (χ0) is 13.9. The van der Waals surface area contributed by atoms with Crippen molar-refractivity contribution in [1.29, 1.82) is 0 Å². The van der Waals surface area contributed by atoms with Crippen LogP contribution in [0, 0.1) is 0 Å². The number of hydrogen-bond donors (Lipinski definition) is 2. The zero-order valence-corrected chi connectivity index (χ0v) is 10.7. The summed E-state index contributed by atoms with van der Waals surface area (Å²) in [6.07, 6.45) is -4.40. The molecule has 6 heteroatoms. The zero-order valence-electron chi connectivity index (χ0n) is 10.7. The van der Waals surface area contributed by atoms with Gasteiger partial charge in [0.2, 0.25) is 0 Å². The molecule has 0 spiro atoms. The van der Waals surface area contributed by atoms with Crippen LogP contribution in [0.5, 0.6) is 0 Å². The lowest BCUT2D eigenvalue weighted by Gasteiger charge is -2.22. The molecule has 0 aromatic heterocycles. The van der Waals surface area contributed by atoms with E-state index in [2.05, 4.69) is 5.32 Å². The van der Waals surface area contributed by atoms with Crippen molar-refractivity contribution in [2.45, 2.75) is 19.1 Å². The van der Waals surface area contributed by atoms with E-state index >= 15 is 0 Å². The summed E-state index contributed by atoms with van der Waals surface area (Å²) < 4.78 is 38.4. The third-order valence-corrected chi connectivity index (χ3v) is 2.82. The monoisotopic (exact) mass is 261 g/mol. The molecule has 1 atom stereocenters. The fourth-order valence-corrected chi connectivity index (χ4v) is 1.39. The van der Waals surface area contributed by atoms with Gasteiger partial charge in [-0.2, -0.15) is 13.2 Å². The number of likely N-dealkylation sites (N-methyl/N-ethyl adjacent to an activating group) is 1. The van der Waals surface area contributed by atoms with E-state index < -0.39 is 11.7 Å². The molecule has 102 valence electrons. The highest BCUT2D eigenvalue weighted by Gasteiger charge is 2.33. The third-order valence-electron chi connectivity index (χ3n) is 2.82. The summed E-state index contributed by atoms with van der Waals surface area (Å²) in [7, 11) is 3.75. The van der Waals surface area contributed by atoms with Gasteiger partial charge in [-0.15, -0.1) is 0 Å². The molecule has 0 radical (unpaired) electrons. The van der Waals surface area contributed by atoms with Crippen LogP contribution in [0.1, 0.15) is 12.5 Å². The first-order valence-electron chi connectivity index (χ1n) is 5.59. The molecule has 18 heavy (non-hydrogen) atoms. The summed E-state index contributed by atoms with van der Waals surface area (Å²) in [6.45, 7) is 2.36. The Kier molecular flexibility index (Phi) is 4.45. The van der Waals surface area contributed by atoms with Gasteiger partial charge >= 0.3 is 6.18 Å². The molecule has 0 aliphatic carbocycles. The number of rotatable bonds is 4. The Labute approximate surface area is 105 Å². The number of nitrogens with zero attached hydrogens (tertiary/aromatic N) is 1. The van der Waals surface area contributed by atoms with Crippen molar-refractivity contribution in [2.24, 2.45) is 0 Å². The predicted octanol–water partition coefficient (Wildman–Crippen LogP) is 2.65. The Balaban J connectivity index is 2.89. The quantitative estimate of drug-likeness (QED) is 0.819. The van der Waals surface area contributed by atoms with Crippen LogP contribution in [0.3, 0.4) is 0 Å². The number of nitrogen functional groups attached to an aromatic ring is 1. The Hall–Kier alpha value is -1.43. The van der Waals surface area contributed by atoms with Gasteiger partial charge in [0.25, 0.3) is 0 Å². The van der Waals surface area contributed by atoms with Gasteiger partial charge in [-0.25, -0.2) is 0 Å². The van der Waals surface area contributed by atoms with Crippen LogP contribution in [0.4, 0.5) is 24.5 Å². The largest absolute Gasteiger partial charge is 0.418 e. The number of alkyl halides is 3. The molecular weight excluding hydrogens is 243 g/mol. The SMILES string of the molecule is CC(CNc1ccc(N)cc1C(F)(F)F)N(C)C. The number of hydrogen-bond acceptors (Lipinski definition) is 3. The van der Waals surface area contributed by atoms with E-state index in [4.69, 9.17) is 5.73 Å². The minimum absolute atomic E-state index is 0.0606. The Morgan fingerprint density at radius 2 is 1.94 bits per heavy atom. The minimum Gasteiger partial charge on any atom is -0.399 e. The van der Waals surface area contributed by atoms with Gasteiger partial charge in [0.1, 0.15) is 0 Å². The maximum absolute atomic E-state index is 12.8. The molecule has 0 saturated carbocycles. The number of benzene rings is 1. The average Bonchev–Trinajstić information content (AvgIpc) is 2.25. The molecule has 0 amide bonds. The predicted molar refractivity (Wildman–Crippen MR) is 67.5 cm³/mol. The minimum atomic E-state index is -4.40. The Morgan fingerprint density at radius 3 is 2.44 bits per heavy atom. The molecular formula is C12H18F3N3. The topological polar surface area (TPSA) is 41.3 Å². The van der Waals surface area contributed by atoms with E-state index in [0.29, 0.717) is 6.54 Å². The summed E-state index contributed by atoms with van der Waals surface area (Å²) in [5.74, 6) is 0. The average molecular weight is 261 g/mol. The van der Waals surface area contributed by atoms with Gasteiger partial charge < -0.3 is 16.0 Å². The Bertz CT molecular complexity index is 402. The molecule has 1 aromatic rings. The highest BCUT2D eigenvalue weighted by molar-refractivity contribution is 5.59. The maximum Gasteiger partial charge on any atom is 0.418 e. The van der Waals surface area contributed by atoms with Gasteiger partial charge in [-0.1, -0.05) is 0 Å². The smallest absolute Gasteiger partial charge is 0.399 e. The van der Waals surface area contributed by atoms with Crippen molar-refractivity contribution in [3.05, 3.63) is 23.8 Å². The first-order chi connectivity index (χ1) is 8.21. The molecule has 0 aliphatic heterocycles. The highest BCUT2D eigenvalue weighted by Crippen LogP contribution is 2.36. The van der Waals surface area contributed by atoms with E-state index in [9.17, 15) is 13.2 Å². The van der Waals surface area contributed by atoms with Crippen LogP contribution in [0.25, 0.3) is 0 Å². The van der Waals surface area contributed by atoms with E-state index in [0.717, 1.165) is 6.07 Å². The molecule has 0 bridgehead atoms. The molecule has 3 N–H and O–H groups in total. The van der Waals surface area contributed by atoms with Gasteiger partial charge in [0.05, 0.1) is 5.56 Å². The van der Waals surface area contributed by atoms with Crippen LogP contribution < -0.4 is 11.1 Å². The lowest BCUT2D eigenvalue weighted by Crippen LogP contribution is -2.32. The summed E-state index contributed by atoms with van der Waals surface area (Å²) in [6, 6.07) is 3.89. The maximum atomic E-state index is 12.8. The van der Waals surface area contributed by atoms with Crippen LogP contribution in [0.15, 0.2) is 18.2 Å². The molecule has 0 heterocycles. The van der Waals surface area contributed by atoms with E-state index in [1.165, 1.54) is 12.1 Å². The first-order valence-corrected chi connectivity index (χ1v) is 5.59. The normalized spacial score (nSPS) is 13.7. The first kappa shape index (κ1) is 14.6. The van der Waals surface area contributed by atoms with Crippen molar-refractivity contribution in [3.8, 4) is 0 Å². The van der Waals surface area contributed by atoms with Crippen LogP contribution >= 0.6 is 0 Å². The van der Waals surface area contributed by atoms with Crippen molar-refractivity contribution in [2.75, 3.05) is 31.7 Å². The van der Waals surface area contributed by atoms with Crippen molar-refractivity contribution >= 4 is 11.4 Å². The van der Waals surface area contributed by atoms with Gasteiger partial charge in [-0.05, 0) is 39.2 Å². The summed E-state index contributed by atoms with van der Waals surface area (Å²) >= 11 is 0. The van der Waals surface area contributed by atoms with Crippen LogP contribution in [-0.4, -0.2) is 31.6 Å². The van der Waals surface area contributed by atoms with E-state index in [-0.39, 0.29) is 17.4 Å². The fraction of sp³-hybridized carbons (Fsp3) is 0.500. The number of anilines is 2. The molecule has 1 rings (SSSR count). The van der Waals surface area contributed by atoms with Crippen molar-refractivity contribution in [1.82, 2.24) is 4.90 Å². The van der Waals surface area contributed by atoms with Crippen molar-refractivity contribution < 1.29 is 13.2 Å². The number of nitrogens with one attached hydrogen (secondary N) is 1. The summed E-state index contributed by atoms with van der Waals surface area (Å²) in [5.41, 5.74) is 4.83. The third kappa shape index (κ3) is 3.80. The molecule has 0 fully saturated rings. The van der Waals surface area contributed by atoms with Crippen LogP contribution in [0.2, 0.25) is 0 Å². The van der Waals surface area contributed by atoms with Crippen LogP contribution in [-0.2, 0) is 6.18 Å². The molecule has 1 unspecified atom stereocenters. The second-order valence-electron chi connectivity index (χ2n) is 4.50. The summed E-state index contributed by atoms with van der Waals surface area (Å²) in [5, 5.41) is 2.81. The molecule has 0 aliphatic rings. The van der Waals surface area contributed by atoms with Gasteiger partial charge in [0.15, 0.2) is 0 Å². The van der Waals surface area contributed by atoms with Gasteiger partial charge in [-0.3, -0.25) is 0 Å². The standard InChI is InChI=1S/C12H18F3N3/c1-8(18(2)3)7-17-11-5-4-9(16)6-10(11)12(13,14)15/h4-6,8,17H,7,16H2,1-3H3. The van der Waals surface area contributed by atoms with Gasteiger partial charge in [0, 0.05) is 24.0 Å². The molecule has 0 saturated heterocycles. The highest BCUT2D eigenvalue weighted by atomic mass is 19.4.